The minimum Gasteiger partial charge on any atom is -0.339 e. The number of rotatable bonds is 0. The van der Waals surface area contributed by atoms with Crippen molar-refractivity contribution in [2.45, 2.75) is 30.4 Å². The predicted octanol–water partition coefficient (Wildman–Crippen LogP) is -1.01. The van der Waals surface area contributed by atoms with Crippen LogP contribution >= 0.6 is 0 Å². The molecule has 1 aliphatic rings. The van der Waals surface area contributed by atoms with E-state index in [-0.39, 0.29) is 0 Å². The van der Waals surface area contributed by atoms with Crippen LogP contribution in [0.2, 0.25) is 0 Å². The SMILES string of the molecule is [B]C1([B])CC(C)CC([B])([B])N1. The van der Waals surface area contributed by atoms with Crippen molar-refractivity contribution in [3.05, 3.63) is 0 Å². The Labute approximate surface area is 73.7 Å². The van der Waals surface area contributed by atoms with Crippen LogP contribution in [0.25, 0.3) is 0 Å². The summed E-state index contributed by atoms with van der Waals surface area (Å²) in [5.74, 6) is 0.362. The third kappa shape index (κ3) is 2.62. The Balaban J connectivity index is 2.66. The molecule has 50 valence electrons. The Hall–Kier alpha value is 0.220. The van der Waals surface area contributed by atoms with Gasteiger partial charge in [0.1, 0.15) is 0 Å². The molecule has 0 amide bonds. The largest absolute Gasteiger partial charge is 0.339 e. The molecule has 1 N–H and O–H groups in total. The van der Waals surface area contributed by atoms with E-state index >= 15 is 0 Å². The molecule has 1 nitrogen and oxygen atoms in total. The van der Waals surface area contributed by atoms with Gasteiger partial charge >= 0.3 is 0 Å². The van der Waals surface area contributed by atoms with Crippen molar-refractivity contribution in [3.63, 3.8) is 0 Å². The molecule has 0 bridgehead atoms. The number of hydrogen-bond donors (Lipinski definition) is 1. The third-order valence-corrected chi connectivity index (χ3v) is 1.84. The zero-order valence-corrected chi connectivity index (χ0v) is 6.80. The second kappa shape index (κ2) is 2.62. The summed E-state index contributed by atoms with van der Waals surface area (Å²) in [6.45, 7) is 2.03. The van der Waals surface area contributed by atoms with E-state index in [2.05, 4.69) is 5.32 Å². The highest BCUT2D eigenvalue weighted by Crippen LogP contribution is 2.26. The van der Waals surface area contributed by atoms with Crippen molar-refractivity contribution < 1.29 is 0 Å². The molecule has 0 spiro atoms. The molecular formula is C6H9B4N. The molecule has 0 aromatic carbocycles. The second-order valence-corrected chi connectivity index (χ2v) is 3.72. The lowest BCUT2D eigenvalue weighted by Crippen LogP contribution is -2.64. The molecule has 1 heterocycles. The van der Waals surface area contributed by atoms with E-state index in [9.17, 15) is 0 Å². The van der Waals surface area contributed by atoms with Crippen LogP contribution < -0.4 is 5.32 Å². The zero-order chi connectivity index (χ0) is 8.70. The highest BCUT2D eigenvalue weighted by molar-refractivity contribution is 6.44. The van der Waals surface area contributed by atoms with Gasteiger partial charge in [-0.2, -0.15) is 0 Å². The van der Waals surface area contributed by atoms with Crippen molar-refractivity contribution in [2.75, 3.05) is 0 Å². The van der Waals surface area contributed by atoms with Crippen molar-refractivity contribution in [3.8, 4) is 0 Å². The van der Waals surface area contributed by atoms with Gasteiger partial charge in [0.15, 0.2) is 0 Å². The van der Waals surface area contributed by atoms with Crippen LogP contribution in [-0.2, 0) is 0 Å². The summed E-state index contributed by atoms with van der Waals surface area (Å²) < 4.78 is 0. The topological polar surface area (TPSA) is 12.0 Å². The molecule has 11 heavy (non-hydrogen) atoms. The predicted molar refractivity (Wildman–Crippen MR) is 50.0 cm³/mol. The van der Waals surface area contributed by atoms with Gasteiger partial charge in [0.05, 0.1) is 31.4 Å². The molecule has 0 aliphatic carbocycles. The van der Waals surface area contributed by atoms with Crippen LogP contribution in [0.1, 0.15) is 19.8 Å². The van der Waals surface area contributed by atoms with E-state index < -0.39 is 10.7 Å². The fourth-order valence-electron chi connectivity index (χ4n) is 1.76. The lowest BCUT2D eigenvalue weighted by molar-refractivity contribution is 0.304. The van der Waals surface area contributed by atoms with E-state index in [1.165, 1.54) is 0 Å². The molecule has 1 fully saturated rings. The first kappa shape index (κ1) is 9.31. The van der Waals surface area contributed by atoms with Gasteiger partial charge in [-0.3, -0.25) is 0 Å². The van der Waals surface area contributed by atoms with Gasteiger partial charge in [0.25, 0.3) is 0 Å². The summed E-state index contributed by atoms with van der Waals surface area (Å²) in [6, 6.07) is 0. The molecule has 0 aromatic rings. The second-order valence-electron chi connectivity index (χ2n) is 3.72. The molecular weight excluding hydrogens is 129 g/mol. The van der Waals surface area contributed by atoms with Gasteiger partial charge < -0.3 is 5.32 Å². The van der Waals surface area contributed by atoms with Crippen LogP contribution in [-0.4, -0.2) is 42.1 Å². The maximum atomic E-state index is 5.65. The standard InChI is InChI=1S/C6H9B4N/c1-4-2-5(7,8)11-6(9,10)3-4/h4,11H,2-3H2,1H3. The lowest BCUT2D eigenvalue weighted by atomic mass is 9.47. The normalized spacial score (nSPS) is 29.9. The Bertz CT molecular complexity index is 141. The van der Waals surface area contributed by atoms with E-state index in [0.717, 1.165) is 0 Å². The minimum absolute atomic E-state index is 0.362. The van der Waals surface area contributed by atoms with Gasteiger partial charge in [0.2, 0.25) is 0 Å². The van der Waals surface area contributed by atoms with E-state index in [1.807, 2.05) is 6.92 Å². The molecule has 1 saturated heterocycles. The van der Waals surface area contributed by atoms with Gasteiger partial charge in [0, 0.05) is 0 Å². The number of piperidine rings is 1. The lowest BCUT2D eigenvalue weighted by Gasteiger charge is -2.47. The highest BCUT2D eigenvalue weighted by Gasteiger charge is 2.33. The molecule has 1 aliphatic heterocycles. The van der Waals surface area contributed by atoms with Crippen molar-refractivity contribution in [2.24, 2.45) is 5.92 Å². The van der Waals surface area contributed by atoms with Gasteiger partial charge in [-0.1, -0.05) is 17.6 Å². The molecule has 0 saturated carbocycles. The van der Waals surface area contributed by atoms with Gasteiger partial charge in [-0.15, -0.1) is 0 Å². The Morgan fingerprint density at radius 3 is 1.73 bits per heavy atom. The molecule has 5 heteroatoms. The molecule has 1 rings (SSSR count). The van der Waals surface area contributed by atoms with Crippen molar-refractivity contribution in [1.29, 1.82) is 0 Å². The molecule has 0 atom stereocenters. The van der Waals surface area contributed by atoms with Crippen molar-refractivity contribution >= 4 is 31.4 Å². The minimum atomic E-state index is -0.916. The first-order valence-corrected chi connectivity index (χ1v) is 3.76. The summed E-state index contributed by atoms with van der Waals surface area (Å²) >= 11 is 0. The average molecular weight is 138 g/mol. The molecule has 0 unspecified atom stereocenters. The van der Waals surface area contributed by atoms with Crippen molar-refractivity contribution in [1.82, 2.24) is 5.32 Å². The zero-order valence-electron chi connectivity index (χ0n) is 6.80. The van der Waals surface area contributed by atoms with Crippen LogP contribution in [0.3, 0.4) is 0 Å². The van der Waals surface area contributed by atoms with Crippen LogP contribution in [0.4, 0.5) is 0 Å². The Morgan fingerprint density at radius 2 is 1.45 bits per heavy atom. The summed E-state index contributed by atoms with van der Waals surface area (Å²) in [5, 5.41) is 0.942. The van der Waals surface area contributed by atoms with E-state index in [4.69, 9.17) is 31.4 Å². The smallest absolute Gasteiger partial charge is 0.0820 e. The summed E-state index contributed by atoms with van der Waals surface area (Å²) in [7, 11) is 22.6. The van der Waals surface area contributed by atoms with Crippen LogP contribution in [0.5, 0.6) is 0 Å². The maximum absolute atomic E-state index is 5.65. The van der Waals surface area contributed by atoms with E-state index in [0.29, 0.717) is 18.8 Å². The third-order valence-electron chi connectivity index (χ3n) is 1.84. The van der Waals surface area contributed by atoms with Gasteiger partial charge in [-0.25, -0.2) is 0 Å². The summed E-state index contributed by atoms with van der Waals surface area (Å²) in [5.41, 5.74) is 0. The monoisotopic (exact) mass is 139 g/mol. The fraction of sp³-hybridized carbons (Fsp3) is 1.00. The summed E-state index contributed by atoms with van der Waals surface area (Å²) in [6.07, 6.45) is 1.40. The maximum Gasteiger partial charge on any atom is 0.0820 e. The molecule has 0 aromatic heterocycles. The first-order chi connectivity index (χ1) is 4.81. The number of nitrogens with one attached hydrogen (secondary N) is 1. The Kier molecular flexibility index (Phi) is 2.21. The van der Waals surface area contributed by atoms with Crippen LogP contribution in [0.15, 0.2) is 0 Å². The highest BCUT2D eigenvalue weighted by atomic mass is 15.0. The van der Waals surface area contributed by atoms with Crippen LogP contribution in [0, 0.1) is 5.92 Å². The quantitative estimate of drug-likeness (QED) is 0.423. The fourth-order valence-corrected chi connectivity index (χ4v) is 1.76. The van der Waals surface area contributed by atoms with E-state index in [1.54, 1.807) is 0 Å². The molecule has 8 radical (unpaired) electrons. The first-order valence-electron chi connectivity index (χ1n) is 3.76. The number of hydrogen-bond acceptors (Lipinski definition) is 1. The summed E-state index contributed by atoms with van der Waals surface area (Å²) in [4.78, 5) is 0. The van der Waals surface area contributed by atoms with Gasteiger partial charge in [-0.05, 0) is 18.8 Å². The average Bonchev–Trinajstić information content (AvgIpc) is 1.49. The Morgan fingerprint density at radius 1 is 1.09 bits per heavy atom.